The third-order valence-electron chi connectivity index (χ3n) is 1.88. The number of hydrogen-bond acceptors (Lipinski definition) is 3. The Morgan fingerprint density at radius 1 is 1.36 bits per heavy atom. The zero-order chi connectivity index (χ0) is 10.7. The highest BCUT2D eigenvalue weighted by atomic mass is 35.5. The summed E-state index contributed by atoms with van der Waals surface area (Å²) in [5, 5.41) is 18.9. The SMILES string of the molecule is N[C@@H](CCO)c1c(O)cc(Cl)cc1Cl. The maximum Gasteiger partial charge on any atom is 0.123 e. The molecule has 4 N–H and O–H groups in total. The fourth-order valence-electron chi connectivity index (χ4n) is 1.22. The molecule has 0 saturated heterocycles. The summed E-state index contributed by atoms with van der Waals surface area (Å²) in [7, 11) is 0. The predicted molar refractivity (Wildman–Crippen MR) is 56.8 cm³/mol. The number of aliphatic hydroxyl groups is 1. The molecule has 0 spiro atoms. The largest absolute Gasteiger partial charge is 0.508 e. The van der Waals surface area contributed by atoms with E-state index in [1.165, 1.54) is 12.1 Å². The summed E-state index contributed by atoms with van der Waals surface area (Å²) < 4.78 is 0. The van der Waals surface area contributed by atoms with E-state index in [2.05, 4.69) is 0 Å². The Labute approximate surface area is 92.1 Å². The molecule has 0 aromatic heterocycles. The van der Waals surface area contributed by atoms with Gasteiger partial charge in [0.05, 0.1) is 5.02 Å². The minimum absolute atomic E-state index is 0.0385. The smallest absolute Gasteiger partial charge is 0.123 e. The van der Waals surface area contributed by atoms with Crippen molar-refractivity contribution in [2.24, 2.45) is 5.73 Å². The molecule has 0 saturated carbocycles. The molecule has 1 rings (SSSR count). The molecule has 0 bridgehead atoms. The standard InChI is InChI=1S/C9H11Cl2NO2/c10-5-3-6(11)9(8(14)4-5)7(12)1-2-13/h3-4,7,13-14H,1-2,12H2/t7-/m0/s1. The second-order valence-corrected chi connectivity index (χ2v) is 3.78. The van der Waals surface area contributed by atoms with Crippen molar-refractivity contribution in [2.75, 3.05) is 6.61 Å². The van der Waals surface area contributed by atoms with Crippen LogP contribution in [0.2, 0.25) is 10.0 Å². The van der Waals surface area contributed by atoms with Crippen LogP contribution in [0.1, 0.15) is 18.0 Å². The molecule has 0 unspecified atom stereocenters. The Hall–Kier alpha value is -0.480. The number of benzene rings is 1. The lowest BCUT2D eigenvalue weighted by Gasteiger charge is -2.14. The van der Waals surface area contributed by atoms with Crippen molar-refractivity contribution in [3.05, 3.63) is 27.7 Å². The van der Waals surface area contributed by atoms with E-state index in [9.17, 15) is 5.11 Å². The maximum atomic E-state index is 9.54. The molecule has 1 atom stereocenters. The summed E-state index contributed by atoms with van der Waals surface area (Å²) in [6.07, 6.45) is 0.342. The van der Waals surface area contributed by atoms with Crippen LogP contribution >= 0.6 is 23.2 Å². The van der Waals surface area contributed by atoms with Gasteiger partial charge in [-0.15, -0.1) is 0 Å². The third-order valence-corrected chi connectivity index (χ3v) is 2.41. The fraction of sp³-hybridized carbons (Fsp3) is 0.333. The van der Waals surface area contributed by atoms with Crippen LogP contribution in [0, 0.1) is 0 Å². The molecular weight excluding hydrogens is 225 g/mol. The lowest BCUT2D eigenvalue weighted by Crippen LogP contribution is -2.12. The molecule has 5 heteroatoms. The van der Waals surface area contributed by atoms with E-state index >= 15 is 0 Å². The molecule has 1 aromatic rings. The van der Waals surface area contributed by atoms with E-state index in [0.717, 1.165) is 0 Å². The van der Waals surface area contributed by atoms with Crippen molar-refractivity contribution in [2.45, 2.75) is 12.5 Å². The van der Waals surface area contributed by atoms with Gasteiger partial charge in [-0.25, -0.2) is 0 Å². The van der Waals surface area contributed by atoms with Crippen molar-refractivity contribution in [1.29, 1.82) is 0 Å². The summed E-state index contributed by atoms with van der Waals surface area (Å²) in [4.78, 5) is 0. The number of aliphatic hydroxyl groups excluding tert-OH is 1. The number of nitrogens with two attached hydrogens (primary N) is 1. The molecule has 0 amide bonds. The fourth-order valence-corrected chi connectivity index (χ4v) is 1.84. The highest BCUT2D eigenvalue weighted by Crippen LogP contribution is 2.34. The van der Waals surface area contributed by atoms with E-state index in [0.29, 0.717) is 22.0 Å². The average molecular weight is 236 g/mol. The number of phenolic OH excluding ortho intramolecular Hbond substituents is 1. The summed E-state index contributed by atoms with van der Waals surface area (Å²) in [5.41, 5.74) is 6.13. The van der Waals surface area contributed by atoms with Gasteiger partial charge in [-0.3, -0.25) is 0 Å². The van der Waals surface area contributed by atoms with Gasteiger partial charge in [0.15, 0.2) is 0 Å². The van der Waals surface area contributed by atoms with Crippen LogP contribution in [-0.4, -0.2) is 16.8 Å². The molecule has 3 nitrogen and oxygen atoms in total. The molecular formula is C9H11Cl2NO2. The first kappa shape index (κ1) is 11.6. The molecule has 0 fully saturated rings. The van der Waals surface area contributed by atoms with Gasteiger partial charge in [0, 0.05) is 23.2 Å². The Morgan fingerprint density at radius 3 is 2.50 bits per heavy atom. The zero-order valence-corrected chi connectivity index (χ0v) is 8.89. The van der Waals surface area contributed by atoms with Gasteiger partial charge >= 0.3 is 0 Å². The second kappa shape index (κ2) is 4.84. The van der Waals surface area contributed by atoms with Crippen LogP contribution in [0.4, 0.5) is 0 Å². The van der Waals surface area contributed by atoms with Crippen molar-refractivity contribution in [3.8, 4) is 5.75 Å². The predicted octanol–water partition coefficient (Wildman–Crippen LogP) is 2.08. The van der Waals surface area contributed by atoms with E-state index in [1.807, 2.05) is 0 Å². The molecule has 0 aliphatic carbocycles. The van der Waals surface area contributed by atoms with Gasteiger partial charge in [-0.2, -0.15) is 0 Å². The molecule has 0 heterocycles. The minimum atomic E-state index is -0.482. The van der Waals surface area contributed by atoms with Crippen molar-refractivity contribution < 1.29 is 10.2 Å². The summed E-state index contributed by atoms with van der Waals surface area (Å²) in [6, 6.07) is 2.40. The van der Waals surface area contributed by atoms with Gasteiger partial charge in [-0.1, -0.05) is 23.2 Å². The number of phenols is 1. The van der Waals surface area contributed by atoms with Gasteiger partial charge in [0.25, 0.3) is 0 Å². The molecule has 0 aliphatic heterocycles. The lowest BCUT2D eigenvalue weighted by atomic mass is 10.0. The topological polar surface area (TPSA) is 66.5 Å². The molecule has 1 aromatic carbocycles. The average Bonchev–Trinajstić information content (AvgIpc) is 2.01. The Kier molecular flexibility index (Phi) is 4.01. The summed E-state index contributed by atoms with van der Waals surface area (Å²) in [5.74, 6) is -0.0385. The number of hydrogen-bond donors (Lipinski definition) is 3. The quantitative estimate of drug-likeness (QED) is 0.752. The van der Waals surface area contributed by atoms with Crippen LogP contribution in [0.3, 0.4) is 0 Å². The number of rotatable bonds is 3. The minimum Gasteiger partial charge on any atom is -0.508 e. The Balaban J connectivity index is 3.07. The molecule has 0 radical (unpaired) electrons. The normalized spacial score (nSPS) is 12.9. The summed E-state index contributed by atoms with van der Waals surface area (Å²) >= 11 is 11.5. The van der Waals surface area contributed by atoms with Gasteiger partial charge in [-0.05, 0) is 18.6 Å². The van der Waals surface area contributed by atoms with Crippen molar-refractivity contribution in [3.63, 3.8) is 0 Å². The Morgan fingerprint density at radius 2 is 2.00 bits per heavy atom. The number of halogens is 2. The lowest BCUT2D eigenvalue weighted by molar-refractivity contribution is 0.275. The zero-order valence-electron chi connectivity index (χ0n) is 7.37. The molecule has 0 aliphatic rings. The van der Waals surface area contributed by atoms with Gasteiger partial charge < -0.3 is 15.9 Å². The van der Waals surface area contributed by atoms with Crippen LogP contribution in [0.25, 0.3) is 0 Å². The number of aromatic hydroxyl groups is 1. The van der Waals surface area contributed by atoms with Crippen LogP contribution < -0.4 is 5.73 Å². The van der Waals surface area contributed by atoms with Crippen molar-refractivity contribution >= 4 is 23.2 Å². The summed E-state index contributed by atoms with van der Waals surface area (Å²) in [6.45, 7) is -0.0560. The van der Waals surface area contributed by atoms with E-state index in [4.69, 9.17) is 34.0 Å². The van der Waals surface area contributed by atoms with Gasteiger partial charge in [0.1, 0.15) is 5.75 Å². The monoisotopic (exact) mass is 235 g/mol. The van der Waals surface area contributed by atoms with Crippen molar-refractivity contribution in [1.82, 2.24) is 0 Å². The highest BCUT2D eigenvalue weighted by molar-refractivity contribution is 6.35. The van der Waals surface area contributed by atoms with Gasteiger partial charge in [0.2, 0.25) is 0 Å². The first-order valence-electron chi connectivity index (χ1n) is 4.10. The Bertz CT molecular complexity index is 308. The van der Waals surface area contributed by atoms with E-state index < -0.39 is 6.04 Å². The third kappa shape index (κ3) is 2.51. The molecule has 14 heavy (non-hydrogen) atoms. The van der Waals surface area contributed by atoms with Crippen LogP contribution in [0.15, 0.2) is 12.1 Å². The highest BCUT2D eigenvalue weighted by Gasteiger charge is 2.15. The van der Waals surface area contributed by atoms with E-state index in [1.54, 1.807) is 0 Å². The maximum absolute atomic E-state index is 9.54. The van der Waals surface area contributed by atoms with Crippen LogP contribution in [0.5, 0.6) is 5.75 Å². The molecule has 78 valence electrons. The van der Waals surface area contributed by atoms with Crippen LogP contribution in [-0.2, 0) is 0 Å². The first-order chi connectivity index (χ1) is 6.56. The second-order valence-electron chi connectivity index (χ2n) is 2.94. The van der Waals surface area contributed by atoms with E-state index in [-0.39, 0.29) is 12.4 Å². The first-order valence-corrected chi connectivity index (χ1v) is 4.86.